The number of hydrogen-bond acceptors (Lipinski definition) is 3. The van der Waals surface area contributed by atoms with Gasteiger partial charge in [-0.05, 0) is 46.3 Å². The molecule has 7 aromatic rings. The topological polar surface area (TPSA) is 35.0 Å². The second kappa shape index (κ2) is 9.58. The van der Waals surface area contributed by atoms with Crippen molar-refractivity contribution in [1.29, 1.82) is 0 Å². The third kappa shape index (κ3) is 4.16. The maximum atomic E-state index is 9.37. The van der Waals surface area contributed by atoms with E-state index in [1.807, 2.05) is 0 Å². The molecule has 0 radical (unpaired) electrons. The zero-order valence-electron chi connectivity index (χ0n) is 43.4. The first-order valence-electron chi connectivity index (χ1n) is 23.4. The fraction of sp³-hybridized carbons (Fsp3) is 0. The van der Waals surface area contributed by atoms with Crippen LogP contribution >= 0.6 is 0 Å². The van der Waals surface area contributed by atoms with E-state index in [-0.39, 0.29) is 16.3 Å². The summed E-state index contributed by atoms with van der Waals surface area (Å²) in [5.74, 6) is -1.80. The minimum atomic E-state index is -0.963. The van der Waals surface area contributed by atoms with Crippen molar-refractivity contribution in [2.45, 2.75) is 0 Å². The zero-order chi connectivity index (χ0) is 47.2. The largest absolute Gasteiger partial charge is 0.456 e. The van der Waals surface area contributed by atoms with Crippen molar-refractivity contribution in [1.82, 2.24) is 9.97 Å². The normalized spacial score (nSPS) is 19.5. The van der Waals surface area contributed by atoms with E-state index in [1.54, 1.807) is 0 Å². The molecule has 0 fully saturated rings. The Kier molecular flexibility index (Phi) is 2.30. The quantitative estimate of drug-likeness (QED) is 0.220. The van der Waals surface area contributed by atoms with Crippen LogP contribution in [0.3, 0.4) is 0 Å². The van der Waals surface area contributed by atoms with Gasteiger partial charge in [-0.2, -0.15) is 0 Å². The van der Waals surface area contributed by atoms with Crippen LogP contribution in [-0.2, 0) is 0 Å². The van der Waals surface area contributed by atoms with Crippen LogP contribution < -0.4 is 4.74 Å². The monoisotopic (exact) mass is 547 g/mol. The molecule has 1 aliphatic rings. The van der Waals surface area contributed by atoms with Crippen molar-refractivity contribution in [3.05, 3.63) is 145 Å². The first-order valence-corrected chi connectivity index (χ1v) is 11.9. The molecule has 3 heteroatoms. The Morgan fingerprint density at radius 3 is 1.76 bits per heavy atom. The summed E-state index contributed by atoms with van der Waals surface area (Å²) < 4.78 is 205. The highest BCUT2D eigenvalue weighted by atomic mass is 16.5. The predicted molar refractivity (Wildman–Crippen MR) is 167 cm³/mol. The number of nitrogens with zero attached hydrogens (tertiary/aromatic N) is 2. The van der Waals surface area contributed by atoms with Gasteiger partial charge in [0.15, 0.2) is 5.82 Å². The number of ether oxygens (including phenoxy) is 1. The lowest BCUT2D eigenvalue weighted by molar-refractivity contribution is 0.487. The summed E-state index contributed by atoms with van der Waals surface area (Å²) in [6, 6.07) is -17.4. The third-order valence-corrected chi connectivity index (χ3v) is 6.03. The predicted octanol–water partition coefficient (Wildman–Crippen LogP) is 10.1. The number of rotatable bonds is 4. The highest BCUT2D eigenvalue weighted by Gasteiger charge is 2.20. The van der Waals surface area contributed by atoms with Crippen LogP contribution in [-0.4, -0.2) is 9.97 Å². The van der Waals surface area contributed by atoms with Crippen molar-refractivity contribution in [3.8, 4) is 67.7 Å². The van der Waals surface area contributed by atoms with E-state index in [1.165, 1.54) is 0 Å². The van der Waals surface area contributed by atoms with E-state index in [0.29, 0.717) is 0 Å². The lowest BCUT2D eigenvalue weighted by atomic mass is 9.92. The summed E-state index contributed by atoms with van der Waals surface area (Å²) in [6.07, 6.45) is 0. The van der Waals surface area contributed by atoms with Gasteiger partial charge in [0.25, 0.3) is 0 Å². The highest BCUT2D eigenvalue weighted by Crippen LogP contribution is 2.47. The van der Waals surface area contributed by atoms with E-state index in [4.69, 9.17) is 29.4 Å². The Hall–Kier alpha value is -5.54. The van der Waals surface area contributed by atoms with Crippen molar-refractivity contribution >= 4 is 10.8 Å². The molecule has 1 aromatic heterocycles. The maximum Gasteiger partial charge on any atom is 0.160 e. The van der Waals surface area contributed by atoms with Crippen LogP contribution in [0, 0.1) is 0 Å². The molecule has 0 N–H and O–H groups in total. The summed E-state index contributed by atoms with van der Waals surface area (Å²) in [5.41, 5.74) is -5.13. The molecular weight excluding hydrogens is 500 g/mol. The molecule has 0 unspecified atom stereocenters. The molecule has 0 amide bonds. The summed E-state index contributed by atoms with van der Waals surface area (Å²) >= 11 is 0. The summed E-state index contributed by atoms with van der Waals surface area (Å²) in [5, 5.41) is -0.649. The van der Waals surface area contributed by atoms with E-state index in [2.05, 4.69) is 9.97 Å². The van der Waals surface area contributed by atoms with Crippen molar-refractivity contribution in [3.63, 3.8) is 0 Å². The third-order valence-electron chi connectivity index (χ3n) is 6.03. The second-order valence-electron chi connectivity index (χ2n) is 8.47. The average molecular weight is 548 g/mol. The van der Waals surface area contributed by atoms with E-state index < -0.39 is 201 Å². The SMILES string of the molecule is [2H]c1c([2H])c([2H])c(-c2cc(-c3c([2H])c([2H])c([2H])c([2H])c3[2H])nc(-c3c([2H])c([2H])c(-c4c([2H])c([2H])c5c(c4[2H])-c4c([2H])c([2H])c([2H])c6c([2H])c([2H])c([2H])c(c46)O5)c([2H])c3[2H])n2)c([2H])c1[2H]. The molecule has 1 aliphatic heterocycles. The fourth-order valence-corrected chi connectivity index (χ4v) is 4.20. The maximum absolute atomic E-state index is 9.37. The summed E-state index contributed by atoms with van der Waals surface area (Å²) in [4.78, 5) is 8.60. The van der Waals surface area contributed by atoms with Gasteiger partial charge in [-0.3, -0.25) is 0 Å². The number of fused-ring (bicyclic) bond motifs is 2. The van der Waals surface area contributed by atoms with E-state index >= 15 is 0 Å². The standard InChI is InChI=1S/C38H24N2O/c1-3-9-26(10-4-1)33-24-34(27-11-5-2-6-12-27)40-38(39-33)29-19-17-25(18-20-29)30-21-22-35-32(23-30)31-15-7-13-28-14-8-16-36(41-35)37(28)31/h1-24H/i1D,2D,3D,4D,5D,6D,7D,8D,9D,10D,11D,12D,13D,14D,15D,16D,17D,18D,19D,20D,21D,22D,23D. The molecule has 2 heterocycles. The Morgan fingerprint density at radius 2 is 1.07 bits per heavy atom. The lowest BCUT2D eigenvalue weighted by Gasteiger charge is -2.22. The first kappa shape index (κ1) is 9.83. The number of benzene rings is 6. The van der Waals surface area contributed by atoms with Crippen LogP contribution in [0.15, 0.2) is 145 Å². The van der Waals surface area contributed by atoms with Gasteiger partial charge in [0.1, 0.15) is 11.5 Å². The first-order chi connectivity index (χ1) is 29.9. The van der Waals surface area contributed by atoms with Gasteiger partial charge in [0, 0.05) is 27.6 Å². The number of hydrogen-bond donors (Lipinski definition) is 0. The second-order valence-corrected chi connectivity index (χ2v) is 8.47. The van der Waals surface area contributed by atoms with Crippen LogP contribution in [0.4, 0.5) is 0 Å². The zero-order valence-corrected chi connectivity index (χ0v) is 20.4. The summed E-state index contributed by atoms with van der Waals surface area (Å²) in [7, 11) is 0. The molecule has 0 saturated heterocycles. The highest BCUT2D eigenvalue weighted by molar-refractivity contribution is 6.04. The Morgan fingerprint density at radius 1 is 0.463 bits per heavy atom. The van der Waals surface area contributed by atoms with Crippen LogP contribution in [0.2, 0.25) is 0 Å². The minimum Gasteiger partial charge on any atom is -0.456 e. The molecule has 0 saturated carbocycles. The van der Waals surface area contributed by atoms with Gasteiger partial charge in [-0.15, -0.1) is 0 Å². The Bertz CT molecular complexity index is 3170. The van der Waals surface area contributed by atoms with E-state index in [9.17, 15) is 6.85 Å². The van der Waals surface area contributed by atoms with Gasteiger partial charge in [0.05, 0.1) is 42.9 Å². The van der Waals surface area contributed by atoms with Gasteiger partial charge in [-0.25, -0.2) is 9.97 Å². The molecule has 6 aromatic carbocycles. The van der Waals surface area contributed by atoms with Crippen molar-refractivity contribution in [2.24, 2.45) is 0 Å². The van der Waals surface area contributed by atoms with E-state index in [0.717, 1.165) is 6.07 Å². The lowest BCUT2D eigenvalue weighted by Crippen LogP contribution is -1.97. The van der Waals surface area contributed by atoms with Crippen molar-refractivity contribution in [2.75, 3.05) is 0 Å². The molecular formula is C38H24N2O. The van der Waals surface area contributed by atoms with Gasteiger partial charge in [-0.1, -0.05) is 121 Å². The molecule has 0 atom stereocenters. The minimum absolute atomic E-state index is 0.276. The molecule has 8 rings (SSSR count). The molecule has 0 aliphatic carbocycles. The molecule has 0 bridgehead atoms. The van der Waals surface area contributed by atoms with Crippen molar-refractivity contribution < 1.29 is 36.3 Å². The van der Waals surface area contributed by atoms with Gasteiger partial charge in [0.2, 0.25) is 0 Å². The van der Waals surface area contributed by atoms with Crippen LogP contribution in [0.25, 0.3) is 66.9 Å². The Labute approximate surface area is 270 Å². The molecule has 41 heavy (non-hydrogen) atoms. The fourth-order valence-electron chi connectivity index (χ4n) is 4.20. The van der Waals surface area contributed by atoms with Crippen LogP contribution in [0.1, 0.15) is 31.5 Å². The molecule has 0 spiro atoms. The molecule has 192 valence electrons. The van der Waals surface area contributed by atoms with Crippen LogP contribution in [0.5, 0.6) is 11.5 Å². The average Bonchev–Trinajstić information content (AvgIpc) is 3.26. The smallest absolute Gasteiger partial charge is 0.160 e. The van der Waals surface area contributed by atoms with Gasteiger partial charge < -0.3 is 4.74 Å². The number of aromatic nitrogens is 2. The van der Waals surface area contributed by atoms with Gasteiger partial charge >= 0.3 is 0 Å². The Balaban J connectivity index is 1.45. The summed E-state index contributed by atoms with van der Waals surface area (Å²) in [6.45, 7) is 0. The molecule has 3 nitrogen and oxygen atoms in total.